The highest BCUT2D eigenvalue weighted by Crippen LogP contribution is 2.21. The molecular weight excluding hydrogens is 318 g/mol. The third kappa shape index (κ3) is 3.54. The maximum absolute atomic E-state index is 12.4. The second-order valence-corrected chi connectivity index (χ2v) is 4.68. The number of carbonyl (C=O) groups excluding carboxylic acids is 1. The highest BCUT2D eigenvalue weighted by molar-refractivity contribution is 6.06. The Hall–Kier alpha value is -3.29. The molecule has 0 aliphatic rings. The molecule has 0 aliphatic heterocycles. The fourth-order valence-electron chi connectivity index (χ4n) is 2.05. The highest BCUT2D eigenvalue weighted by atomic mass is 19.3. The van der Waals surface area contributed by atoms with Crippen LogP contribution in [-0.4, -0.2) is 27.3 Å². The Labute approximate surface area is 135 Å². The molecule has 0 saturated heterocycles. The lowest BCUT2D eigenvalue weighted by Gasteiger charge is -2.11. The summed E-state index contributed by atoms with van der Waals surface area (Å²) in [7, 11) is 0. The zero-order valence-corrected chi connectivity index (χ0v) is 12.3. The summed E-state index contributed by atoms with van der Waals surface area (Å²) >= 11 is 0. The molecular formula is C16H12F2N4O2. The minimum atomic E-state index is -3.01. The molecule has 8 heteroatoms. The topological polar surface area (TPSA) is 69.0 Å². The van der Waals surface area contributed by atoms with Gasteiger partial charge in [0.15, 0.2) is 5.82 Å². The van der Waals surface area contributed by atoms with E-state index in [4.69, 9.17) is 0 Å². The number of nitrogens with zero attached hydrogens (tertiary/aromatic N) is 3. The van der Waals surface area contributed by atoms with Crippen molar-refractivity contribution in [3.63, 3.8) is 0 Å². The van der Waals surface area contributed by atoms with Gasteiger partial charge in [0.1, 0.15) is 5.75 Å². The van der Waals surface area contributed by atoms with Gasteiger partial charge >= 0.3 is 6.61 Å². The van der Waals surface area contributed by atoms with Crippen molar-refractivity contribution in [3.8, 4) is 11.6 Å². The van der Waals surface area contributed by atoms with Crippen LogP contribution in [0, 0.1) is 0 Å². The van der Waals surface area contributed by atoms with E-state index in [1.165, 1.54) is 24.4 Å². The summed E-state index contributed by atoms with van der Waals surface area (Å²) in [5.41, 5.74) is 0.428. The Morgan fingerprint density at radius 3 is 2.67 bits per heavy atom. The number of rotatable bonds is 5. The van der Waals surface area contributed by atoms with Crippen LogP contribution in [0.1, 0.15) is 10.4 Å². The van der Waals surface area contributed by atoms with E-state index in [0.717, 1.165) is 0 Å². The first-order valence-corrected chi connectivity index (χ1v) is 6.95. The molecule has 0 saturated carbocycles. The van der Waals surface area contributed by atoms with E-state index in [1.807, 2.05) is 0 Å². The third-order valence-corrected chi connectivity index (χ3v) is 3.09. The Bertz CT molecular complexity index is 820. The lowest BCUT2D eigenvalue weighted by molar-refractivity contribution is -0.0501. The molecule has 122 valence electrons. The van der Waals surface area contributed by atoms with Gasteiger partial charge in [0, 0.05) is 12.4 Å². The molecule has 1 amide bonds. The van der Waals surface area contributed by atoms with Gasteiger partial charge in [0.2, 0.25) is 0 Å². The van der Waals surface area contributed by atoms with Crippen LogP contribution in [0.5, 0.6) is 5.75 Å². The number of nitrogens with one attached hydrogen (secondary N) is 1. The minimum Gasteiger partial charge on any atom is -0.434 e. The lowest BCUT2D eigenvalue weighted by atomic mass is 10.2. The van der Waals surface area contributed by atoms with Gasteiger partial charge in [-0.05, 0) is 30.3 Å². The van der Waals surface area contributed by atoms with Crippen LogP contribution in [0.2, 0.25) is 0 Å². The van der Waals surface area contributed by atoms with Crippen LogP contribution in [-0.2, 0) is 0 Å². The lowest BCUT2D eigenvalue weighted by Crippen LogP contribution is -2.15. The van der Waals surface area contributed by atoms with Crippen molar-refractivity contribution in [1.82, 2.24) is 14.8 Å². The number of alkyl halides is 2. The van der Waals surface area contributed by atoms with Gasteiger partial charge in [-0.25, -0.2) is 9.67 Å². The van der Waals surface area contributed by atoms with Crippen molar-refractivity contribution in [2.24, 2.45) is 0 Å². The van der Waals surface area contributed by atoms with Gasteiger partial charge in [0.05, 0.1) is 17.4 Å². The zero-order chi connectivity index (χ0) is 16.9. The number of benzene rings is 1. The standard InChI is InChI=1S/C16H12F2N4O2/c17-16(18)24-13-5-2-1-4-12(13)15(23)21-11-6-7-14(19-10-11)22-9-3-8-20-22/h1-10,16H,(H,21,23). The number of anilines is 1. The molecule has 0 unspecified atom stereocenters. The summed E-state index contributed by atoms with van der Waals surface area (Å²) in [5.74, 6) is -0.176. The first kappa shape index (κ1) is 15.6. The first-order valence-electron chi connectivity index (χ1n) is 6.95. The molecule has 2 heterocycles. The molecule has 0 bridgehead atoms. The van der Waals surface area contributed by atoms with E-state index in [0.29, 0.717) is 11.5 Å². The van der Waals surface area contributed by atoms with Crippen LogP contribution >= 0.6 is 0 Å². The number of para-hydroxylation sites is 1. The normalized spacial score (nSPS) is 10.6. The fraction of sp³-hybridized carbons (Fsp3) is 0.0625. The van der Waals surface area contributed by atoms with Gasteiger partial charge in [0.25, 0.3) is 5.91 Å². The van der Waals surface area contributed by atoms with E-state index < -0.39 is 12.5 Å². The molecule has 1 aromatic carbocycles. The van der Waals surface area contributed by atoms with Crippen LogP contribution in [0.15, 0.2) is 61.1 Å². The van der Waals surface area contributed by atoms with Gasteiger partial charge in [-0.2, -0.15) is 13.9 Å². The van der Waals surface area contributed by atoms with Gasteiger partial charge in [-0.1, -0.05) is 12.1 Å². The largest absolute Gasteiger partial charge is 0.434 e. The van der Waals surface area contributed by atoms with E-state index in [9.17, 15) is 13.6 Å². The fourth-order valence-corrected chi connectivity index (χ4v) is 2.05. The molecule has 0 aliphatic carbocycles. The van der Waals surface area contributed by atoms with Crippen molar-refractivity contribution in [2.45, 2.75) is 6.61 Å². The van der Waals surface area contributed by atoms with Crippen molar-refractivity contribution in [2.75, 3.05) is 5.32 Å². The number of ether oxygens (including phenoxy) is 1. The average molecular weight is 330 g/mol. The Balaban J connectivity index is 1.75. The summed E-state index contributed by atoms with van der Waals surface area (Å²) in [6.07, 6.45) is 4.81. The van der Waals surface area contributed by atoms with Crippen molar-refractivity contribution < 1.29 is 18.3 Å². The average Bonchev–Trinajstić information content (AvgIpc) is 3.10. The molecule has 0 atom stereocenters. The van der Waals surface area contributed by atoms with E-state index in [2.05, 4.69) is 20.1 Å². The van der Waals surface area contributed by atoms with Gasteiger partial charge < -0.3 is 10.1 Å². The van der Waals surface area contributed by atoms with E-state index in [1.54, 1.807) is 41.3 Å². The number of hydrogen-bond donors (Lipinski definition) is 1. The number of aromatic nitrogens is 3. The number of amides is 1. The summed E-state index contributed by atoms with van der Waals surface area (Å²) in [6.45, 7) is -3.01. The van der Waals surface area contributed by atoms with Crippen LogP contribution in [0.25, 0.3) is 5.82 Å². The smallest absolute Gasteiger partial charge is 0.387 e. The van der Waals surface area contributed by atoms with Crippen LogP contribution in [0.3, 0.4) is 0 Å². The van der Waals surface area contributed by atoms with Crippen LogP contribution in [0.4, 0.5) is 14.5 Å². The molecule has 1 N–H and O–H groups in total. The number of carbonyl (C=O) groups is 1. The molecule has 0 spiro atoms. The Kier molecular flexibility index (Phi) is 4.46. The van der Waals surface area contributed by atoms with Crippen molar-refractivity contribution in [1.29, 1.82) is 0 Å². The second kappa shape index (κ2) is 6.86. The predicted molar refractivity (Wildman–Crippen MR) is 82.4 cm³/mol. The van der Waals surface area contributed by atoms with Crippen molar-refractivity contribution >= 4 is 11.6 Å². The minimum absolute atomic E-state index is 0.00829. The summed E-state index contributed by atoms with van der Waals surface area (Å²) in [5, 5.41) is 6.63. The Morgan fingerprint density at radius 2 is 2.00 bits per heavy atom. The van der Waals surface area contributed by atoms with Gasteiger partial charge in [-0.3, -0.25) is 4.79 Å². The number of halogens is 2. The first-order chi connectivity index (χ1) is 11.6. The molecule has 3 aromatic rings. The Morgan fingerprint density at radius 1 is 1.17 bits per heavy atom. The molecule has 24 heavy (non-hydrogen) atoms. The third-order valence-electron chi connectivity index (χ3n) is 3.09. The molecule has 0 fully saturated rings. The summed E-state index contributed by atoms with van der Waals surface area (Å²) < 4.78 is 30.7. The van der Waals surface area contributed by atoms with Crippen molar-refractivity contribution in [3.05, 3.63) is 66.6 Å². The zero-order valence-electron chi connectivity index (χ0n) is 12.3. The van der Waals surface area contributed by atoms with Crippen LogP contribution < -0.4 is 10.1 Å². The summed E-state index contributed by atoms with van der Waals surface area (Å²) in [6, 6.07) is 10.8. The monoisotopic (exact) mass is 330 g/mol. The van der Waals surface area contributed by atoms with Gasteiger partial charge in [-0.15, -0.1) is 0 Å². The second-order valence-electron chi connectivity index (χ2n) is 4.68. The molecule has 0 radical (unpaired) electrons. The molecule has 2 aromatic heterocycles. The maximum Gasteiger partial charge on any atom is 0.387 e. The summed E-state index contributed by atoms with van der Waals surface area (Å²) in [4.78, 5) is 16.4. The maximum atomic E-state index is 12.4. The highest BCUT2D eigenvalue weighted by Gasteiger charge is 2.15. The quantitative estimate of drug-likeness (QED) is 0.780. The van der Waals surface area contributed by atoms with E-state index >= 15 is 0 Å². The molecule has 3 rings (SSSR count). The number of pyridine rings is 1. The van der Waals surface area contributed by atoms with E-state index in [-0.39, 0.29) is 11.3 Å². The number of hydrogen-bond acceptors (Lipinski definition) is 4. The SMILES string of the molecule is O=C(Nc1ccc(-n2cccn2)nc1)c1ccccc1OC(F)F. The predicted octanol–water partition coefficient (Wildman–Crippen LogP) is 3.12. The molecule has 6 nitrogen and oxygen atoms in total.